The molecule has 3 aromatic rings. The van der Waals surface area contributed by atoms with Crippen molar-refractivity contribution >= 4 is 16.8 Å². The van der Waals surface area contributed by atoms with Crippen LogP contribution in [0.4, 0.5) is 0 Å². The maximum Gasteiger partial charge on any atom is 0.223 e. The largest absolute Gasteiger partial charge is 0.497 e. The number of hydrogen-bond donors (Lipinski definition) is 1. The number of piperazine rings is 1. The molecular weight excluding hydrogens is 390 g/mol. The van der Waals surface area contributed by atoms with Crippen molar-refractivity contribution in [2.24, 2.45) is 0 Å². The lowest BCUT2D eigenvalue weighted by molar-refractivity contribution is -0.133. The van der Waals surface area contributed by atoms with Gasteiger partial charge >= 0.3 is 0 Å². The van der Waals surface area contributed by atoms with Crippen molar-refractivity contribution in [1.82, 2.24) is 14.8 Å². The van der Waals surface area contributed by atoms with E-state index in [1.54, 1.807) is 14.2 Å². The van der Waals surface area contributed by atoms with Crippen molar-refractivity contribution < 1.29 is 14.3 Å². The highest BCUT2D eigenvalue weighted by Crippen LogP contribution is 2.39. The average Bonchev–Trinajstić information content (AvgIpc) is 3.26. The number of aromatic amines is 1. The minimum absolute atomic E-state index is 0.117. The Labute approximate surface area is 183 Å². The van der Waals surface area contributed by atoms with Gasteiger partial charge in [-0.25, -0.2) is 0 Å². The molecule has 1 saturated heterocycles. The van der Waals surface area contributed by atoms with Crippen LogP contribution in [0.1, 0.15) is 30.4 Å². The number of ether oxygens (including phenoxy) is 2. The fourth-order valence-electron chi connectivity index (χ4n) is 4.49. The third-order valence-electron chi connectivity index (χ3n) is 6.36. The monoisotopic (exact) mass is 421 g/mol. The number of likely N-dealkylation sites (N-methyl/N-ethyl adjacent to an activating group) is 1. The number of H-pyrrole nitrogens is 1. The van der Waals surface area contributed by atoms with Gasteiger partial charge < -0.3 is 24.3 Å². The SMILES string of the molecule is CCN1CCN(C(=O)C[C@H](c2ccc(OC)cc2OC)c2c[nH]c3ccccc23)CC1. The lowest BCUT2D eigenvalue weighted by atomic mass is 9.87. The number of nitrogens with one attached hydrogen (secondary N) is 1. The van der Waals surface area contributed by atoms with Crippen LogP contribution in [-0.4, -0.2) is 67.6 Å². The zero-order valence-corrected chi connectivity index (χ0v) is 18.6. The Morgan fingerprint density at radius 3 is 2.52 bits per heavy atom. The summed E-state index contributed by atoms with van der Waals surface area (Å²) in [4.78, 5) is 21.1. The van der Waals surface area contributed by atoms with Gasteiger partial charge in [0.2, 0.25) is 5.91 Å². The molecular formula is C25H31N3O3. The number of carbonyl (C=O) groups excluding carboxylic acids is 1. The highest BCUT2D eigenvalue weighted by Gasteiger charge is 2.28. The van der Waals surface area contributed by atoms with Gasteiger partial charge in [0.25, 0.3) is 0 Å². The molecule has 0 bridgehead atoms. The first-order valence-electron chi connectivity index (χ1n) is 10.9. The third kappa shape index (κ3) is 4.39. The smallest absolute Gasteiger partial charge is 0.223 e. The van der Waals surface area contributed by atoms with Gasteiger partial charge in [-0.2, -0.15) is 0 Å². The van der Waals surface area contributed by atoms with E-state index in [0.29, 0.717) is 6.42 Å². The van der Waals surface area contributed by atoms with Crippen molar-refractivity contribution in [3.63, 3.8) is 0 Å². The van der Waals surface area contributed by atoms with Gasteiger partial charge in [0, 0.05) is 67.2 Å². The molecule has 0 radical (unpaired) electrons. The summed E-state index contributed by atoms with van der Waals surface area (Å²) in [5.41, 5.74) is 3.17. The standard InChI is InChI=1S/C25H31N3O3/c1-4-27-11-13-28(14-12-27)25(29)16-21(20-10-9-18(30-2)15-24(20)31-3)22-17-26-23-8-6-5-7-19(22)23/h5-10,15,17,21,26H,4,11-14,16H2,1-3H3/t21-/m1/s1. The number of fused-ring (bicyclic) bond motifs is 1. The number of nitrogens with zero attached hydrogens (tertiary/aromatic N) is 2. The first kappa shape index (κ1) is 21.2. The Bertz CT molecular complexity index is 1040. The number of para-hydroxylation sites is 1. The summed E-state index contributed by atoms with van der Waals surface area (Å²) in [6, 6.07) is 14.1. The summed E-state index contributed by atoms with van der Waals surface area (Å²) in [6.45, 7) is 6.64. The lowest BCUT2D eigenvalue weighted by Crippen LogP contribution is -2.48. The second kappa shape index (κ2) is 9.43. The molecule has 164 valence electrons. The maximum atomic E-state index is 13.4. The van der Waals surface area contributed by atoms with E-state index in [2.05, 4.69) is 28.9 Å². The van der Waals surface area contributed by atoms with Crippen molar-refractivity contribution in [3.8, 4) is 11.5 Å². The second-order valence-corrected chi connectivity index (χ2v) is 7.97. The third-order valence-corrected chi connectivity index (χ3v) is 6.36. The van der Waals surface area contributed by atoms with Crippen LogP contribution in [0.25, 0.3) is 10.9 Å². The molecule has 0 saturated carbocycles. The van der Waals surface area contributed by atoms with Crippen LogP contribution in [0.15, 0.2) is 48.7 Å². The molecule has 0 aliphatic carbocycles. The Morgan fingerprint density at radius 2 is 1.81 bits per heavy atom. The van der Waals surface area contributed by atoms with Crippen LogP contribution >= 0.6 is 0 Å². The van der Waals surface area contributed by atoms with E-state index in [9.17, 15) is 4.79 Å². The van der Waals surface area contributed by atoms with Crippen LogP contribution in [0, 0.1) is 0 Å². The van der Waals surface area contributed by atoms with E-state index in [1.165, 1.54) is 0 Å². The van der Waals surface area contributed by atoms with E-state index in [1.807, 2.05) is 41.4 Å². The minimum atomic E-state index is -0.117. The van der Waals surface area contributed by atoms with Gasteiger partial charge in [0.05, 0.1) is 14.2 Å². The molecule has 1 amide bonds. The van der Waals surface area contributed by atoms with E-state index >= 15 is 0 Å². The van der Waals surface area contributed by atoms with Gasteiger partial charge in [-0.05, 0) is 24.2 Å². The van der Waals surface area contributed by atoms with Crippen LogP contribution in [0.3, 0.4) is 0 Å². The van der Waals surface area contributed by atoms with Crippen molar-refractivity contribution in [2.45, 2.75) is 19.3 Å². The summed E-state index contributed by atoms with van der Waals surface area (Å²) in [6.07, 6.45) is 2.43. The van der Waals surface area contributed by atoms with E-state index in [-0.39, 0.29) is 11.8 Å². The number of benzene rings is 2. The summed E-state index contributed by atoms with van der Waals surface area (Å²) in [5.74, 6) is 1.54. The van der Waals surface area contributed by atoms with Crippen LogP contribution in [-0.2, 0) is 4.79 Å². The molecule has 0 unspecified atom stereocenters. The maximum absolute atomic E-state index is 13.4. The number of carbonyl (C=O) groups is 1. The van der Waals surface area contributed by atoms with Gasteiger partial charge in [0.15, 0.2) is 0 Å². The molecule has 1 aromatic heterocycles. The number of rotatable bonds is 7. The van der Waals surface area contributed by atoms with E-state index < -0.39 is 0 Å². The Morgan fingerprint density at radius 1 is 1.03 bits per heavy atom. The van der Waals surface area contributed by atoms with E-state index in [4.69, 9.17) is 9.47 Å². The number of methoxy groups -OCH3 is 2. The van der Waals surface area contributed by atoms with Crippen molar-refractivity contribution in [1.29, 1.82) is 0 Å². The summed E-state index contributed by atoms with van der Waals surface area (Å²) < 4.78 is 11.1. The molecule has 1 fully saturated rings. The summed E-state index contributed by atoms with van der Waals surface area (Å²) >= 11 is 0. The molecule has 4 rings (SSSR count). The highest BCUT2D eigenvalue weighted by molar-refractivity contribution is 5.86. The fourth-order valence-corrected chi connectivity index (χ4v) is 4.49. The topological polar surface area (TPSA) is 57.8 Å². The first-order valence-corrected chi connectivity index (χ1v) is 10.9. The number of aromatic nitrogens is 1. The molecule has 2 aromatic carbocycles. The van der Waals surface area contributed by atoms with Crippen molar-refractivity contribution in [2.75, 3.05) is 46.9 Å². The lowest BCUT2D eigenvalue weighted by Gasteiger charge is -2.35. The molecule has 6 heteroatoms. The van der Waals surface area contributed by atoms with Gasteiger partial charge in [-0.1, -0.05) is 31.2 Å². The molecule has 1 N–H and O–H groups in total. The molecule has 1 aliphatic heterocycles. The zero-order valence-electron chi connectivity index (χ0n) is 18.6. The predicted molar refractivity (Wildman–Crippen MR) is 123 cm³/mol. The van der Waals surface area contributed by atoms with E-state index in [0.717, 1.165) is 66.3 Å². The van der Waals surface area contributed by atoms with Gasteiger partial charge in [-0.15, -0.1) is 0 Å². The van der Waals surface area contributed by atoms with Crippen molar-refractivity contribution in [3.05, 3.63) is 59.8 Å². The highest BCUT2D eigenvalue weighted by atomic mass is 16.5. The molecule has 31 heavy (non-hydrogen) atoms. The molecule has 2 heterocycles. The predicted octanol–water partition coefficient (Wildman–Crippen LogP) is 3.87. The normalized spacial score (nSPS) is 15.8. The minimum Gasteiger partial charge on any atom is -0.497 e. The Balaban J connectivity index is 1.69. The van der Waals surface area contributed by atoms with Crippen LogP contribution < -0.4 is 9.47 Å². The second-order valence-electron chi connectivity index (χ2n) is 7.97. The quantitative estimate of drug-likeness (QED) is 0.629. The molecule has 1 atom stereocenters. The number of amides is 1. The first-order chi connectivity index (χ1) is 15.1. The fraction of sp³-hybridized carbons (Fsp3) is 0.400. The molecule has 0 spiro atoms. The van der Waals surface area contributed by atoms with Gasteiger partial charge in [0.1, 0.15) is 11.5 Å². The summed E-state index contributed by atoms with van der Waals surface area (Å²) in [5, 5.41) is 1.13. The van der Waals surface area contributed by atoms with Gasteiger partial charge in [-0.3, -0.25) is 4.79 Å². The molecule has 6 nitrogen and oxygen atoms in total. The zero-order chi connectivity index (χ0) is 21.8. The Hall–Kier alpha value is -2.99. The summed E-state index contributed by atoms with van der Waals surface area (Å²) in [7, 11) is 3.31. The van der Waals surface area contributed by atoms with Crippen LogP contribution in [0.2, 0.25) is 0 Å². The average molecular weight is 422 g/mol. The van der Waals surface area contributed by atoms with Crippen LogP contribution in [0.5, 0.6) is 11.5 Å². The Kier molecular flexibility index (Phi) is 6.47. The molecule has 1 aliphatic rings. The number of hydrogen-bond acceptors (Lipinski definition) is 4.